The van der Waals surface area contributed by atoms with Crippen LogP contribution in [0.5, 0.6) is 0 Å². The number of rotatable bonds is 3. The number of furan rings is 1. The molecule has 4 rings (SSSR count). The highest BCUT2D eigenvalue weighted by Crippen LogP contribution is 2.35. The zero-order valence-electron chi connectivity index (χ0n) is 13.2. The van der Waals surface area contributed by atoms with Gasteiger partial charge in [0, 0.05) is 24.6 Å². The Labute approximate surface area is 133 Å². The monoisotopic (exact) mass is 317 g/mol. The highest BCUT2D eigenvalue weighted by molar-refractivity contribution is 5.93. The van der Waals surface area contributed by atoms with Crippen molar-refractivity contribution in [2.24, 2.45) is 5.92 Å². The van der Waals surface area contributed by atoms with E-state index in [0.717, 1.165) is 12.0 Å². The number of amides is 1. The van der Waals surface area contributed by atoms with Crippen LogP contribution in [0.15, 0.2) is 21.3 Å². The molecule has 0 aromatic carbocycles. The molecule has 0 N–H and O–H groups in total. The predicted molar refractivity (Wildman–Crippen MR) is 78.9 cm³/mol. The first-order valence-electron chi connectivity index (χ1n) is 7.88. The normalized spacial score (nSPS) is 26.7. The van der Waals surface area contributed by atoms with Crippen LogP contribution in [0, 0.1) is 19.8 Å². The summed E-state index contributed by atoms with van der Waals surface area (Å²) in [5.41, 5.74) is 0.873. The molecule has 7 nitrogen and oxygen atoms in total. The van der Waals surface area contributed by atoms with E-state index in [9.17, 15) is 4.79 Å². The molecule has 0 spiro atoms. The van der Waals surface area contributed by atoms with Gasteiger partial charge in [0.25, 0.3) is 5.91 Å². The maximum atomic E-state index is 12.5. The van der Waals surface area contributed by atoms with Crippen molar-refractivity contribution >= 4 is 5.91 Å². The molecule has 0 saturated carbocycles. The van der Waals surface area contributed by atoms with Crippen LogP contribution in [-0.4, -0.2) is 46.2 Å². The lowest BCUT2D eigenvalue weighted by Gasteiger charge is -2.18. The van der Waals surface area contributed by atoms with Crippen LogP contribution in [0.1, 0.15) is 34.3 Å². The van der Waals surface area contributed by atoms with Gasteiger partial charge in [0.05, 0.1) is 24.9 Å². The lowest BCUT2D eigenvalue weighted by molar-refractivity contribution is 0.0324. The van der Waals surface area contributed by atoms with Crippen molar-refractivity contribution in [3.63, 3.8) is 0 Å². The summed E-state index contributed by atoms with van der Waals surface area (Å²) in [4.78, 5) is 18.5. The first-order chi connectivity index (χ1) is 11.1. The molecule has 3 atom stereocenters. The van der Waals surface area contributed by atoms with E-state index in [0.29, 0.717) is 42.9 Å². The second kappa shape index (κ2) is 5.49. The van der Waals surface area contributed by atoms with Crippen molar-refractivity contribution in [3.8, 4) is 0 Å². The smallest absolute Gasteiger partial charge is 0.289 e. The fourth-order valence-corrected chi connectivity index (χ4v) is 3.51. The Morgan fingerprint density at radius 1 is 1.39 bits per heavy atom. The lowest BCUT2D eigenvalue weighted by atomic mass is 10.0. The van der Waals surface area contributed by atoms with Crippen LogP contribution >= 0.6 is 0 Å². The first-order valence-corrected chi connectivity index (χ1v) is 7.88. The summed E-state index contributed by atoms with van der Waals surface area (Å²) in [6, 6.07) is 1.81. The fraction of sp³-hybridized carbons (Fsp3) is 0.562. The summed E-state index contributed by atoms with van der Waals surface area (Å²) in [5, 5.41) is 3.80. The second-order valence-corrected chi connectivity index (χ2v) is 6.37. The van der Waals surface area contributed by atoms with Crippen molar-refractivity contribution in [2.45, 2.75) is 38.9 Å². The predicted octanol–water partition coefficient (Wildman–Crippen LogP) is 1.75. The van der Waals surface area contributed by atoms with E-state index in [2.05, 4.69) is 10.1 Å². The lowest BCUT2D eigenvalue weighted by Crippen LogP contribution is -2.31. The van der Waals surface area contributed by atoms with Crippen molar-refractivity contribution in [3.05, 3.63) is 35.4 Å². The van der Waals surface area contributed by atoms with Gasteiger partial charge in [0.1, 0.15) is 0 Å². The van der Waals surface area contributed by atoms with Crippen molar-refractivity contribution in [2.75, 3.05) is 13.1 Å². The Morgan fingerprint density at radius 2 is 2.26 bits per heavy atom. The first kappa shape index (κ1) is 14.4. The highest BCUT2D eigenvalue weighted by Gasteiger charge is 2.44. The standard InChI is InChI=1S/C16H19N3O4/c1-9-3-4-21-15(9)16(20)19-7-11-5-12(22-13(11)8-19)6-14-17-10(2)18-23-14/h3-4,11-13H,5-8H2,1-2H3/t11-,12-,13+/m0/s1. The number of aryl methyl sites for hydroxylation is 2. The molecule has 2 saturated heterocycles. The summed E-state index contributed by atoms with van der Waals surface area (Å²) in [6.45, 7) is 5.01. The number of hydrogen-bond acceptors (Lipinski definition) is 6. The SMILES string of the molecule is Cc1noc(C[C@@H]2C[C@H]3CN(C(=O)c4occc4C)C[C@H]3O2)n1. The quantitative estimate of drug-likeness (QED) is 0.858. The summed E-state index contributed by atoms with van der Waals surface area (Å²) in [5.74, 6) is 2.01. The molecule has 23 heavy (non-hydrogen) atoms. The molecule has 2 aliphatic heterocycles. The molecule has 2 aromatic heterocycles. The number of aromatic nitrogens is 2. The van der Waals surface area contributed by atoms with E-state index in [-0.39, 0.29) is 18.1 Å². The van der Waals surface area contributed by atoms with E-state index >= 15 is 0 Å². The summed E-state index contributed by atoms with van der Waals surface area (Å²) < 4.78 is 16.5. The molecule has 1 amide bonds. The van der Waals surface area contributed by atoms with Crippen LogP contribution in [0.3, 0.4) is 0 Å². The third kappa shape index (κ3) is 2.65. The van der Waals surface area contributed by atoms with Crippen LogP contribution < -0.4 is 0 Å². The van der Waals surface area contributed by atoms with Gasteiger partial charge in [-0.15, -0.1) is 0 Å². The Balaban J connectivity index is 1.36. The number of likely N-dealkylation sites (tertiary alicyclic amines) is 1. The van der Waals surface area contributed by atoms with Crippen molar-refractivity contribution in [1.29, 1.82) is 0 Å². The molecule has 2 aliphatic rings. The Morgan fingerprint density at radius 3 is 2.91 bits per heavy atom. The minimum Gasteiger partial charge on any atom is -0.459 e. The second-order valence-electron chi connectivity index (χ2n) is 6.37. The molecule has 122 valence electrons. The summed E-state index contributed by atoms with van der Waals surface area (Å²) in [7, 11) is 0. The van der Waals surface area contributed by atoms with Gasteiger partial charge >= 0.3 is 0 Å². The number of hydrogen-bond donors (Lipinski definition) is 0. The number of fused-ring (bicyclic) bond motifs is 1. The number of carbonyl (C=O) groups is 1. The topological polar surface area (TPSA) is 81.6 Å². The molecular formula is C16H19N3O4. The van der Waals surface area contributed by atoms with E-state index in [1.165, 1.54) is 0 Å². The molecule has 2 fully saturated rings. The van der Waals surface area contributed by atoms with Crippen molar-refractivity contribution in [1.82, 2.24) is 15.0 Å². The van der Waals surface area contributed by atoms with E-state index in [1.807, 2.05) is 17.9 Å². The van der Waals surface area contributed by atoms with E-state index in [4.69, 9.17) is 13.7 Å². The number of carbonyl (C=O) groups excluding carboxylic acids is 1. The highest BCUT2D eigenvalue weighted by atomic mass is 16.5. The van der Waals surface area contributed by atoms with Gasteiger partial charge in [-0.2, -0.15) is 4.98 Å². The average molecular weight is 317 g/mol. The zero-order chi connectivity index (χ0) is 16.0. The van der Waals surface area contributed by atoms with Crippen LogP contribution in [0.4, 0.5) is 0 Å². The molecule has 0 radical (unpaired) electrons. The maximum absolute atomic E-state index is 12.5. The average Bonchev–Trinajstić information content (AvgIpc) is 3.23. The van der Waals surface area contributed by atoms with Crippen LogP contribution in [0.2, 0.25) is 0 Å². The molecule has 4 heterocycles. The van der Waals surface area contributed by atoms with Crippen molar-refractivity contribution < 1.29 is 18.5 Å². The fourth-order valence-electron chi connectivity index (χ4n) is 3.51. The Hall–Kier alpha value is -2.15. The van der Waals surface area contributed by atoms with Gasteiger partial charge in [-0.25, -0.2) is 0 Å². The van der Waals surface area contributed by atoms with Crippen LogP contribution in [-0.2, 0) is 11.2 Å². The summed E-state index contributed by atoms with van der Waals surface area (Å²) >= 11 is 0. The van der Waals surface area contributed by atoms with E-state index < -0.39 is 0 Å². The zero-order valence-corrected chi connectivity index (χ0v) is 13.2. The molecule has 0 unspecified atom stereocenters. The molecule has 7 heteroatoms. The molecular weight excluding hydrogens is 298 g/mol. The molecule has 2 aromatic rings. The van der Waals surface area contributed by atoms with Gasteiger partial charge in [0.2, 0.25) is 5.89 Å². The van der Waals surface area contributed by atoms with Gasteiger partial charge in [-0.3, -0.25) is 4.79 Å². The molecule has 0 bridgehead atoms. The Bertz CT molecular complexity index is 708. The van der Waals surface area contributed by atoms with Gasteiger partial charge < -0.3 is 18.6 Å². The third-order valence-corrected chi connectivity index (χ3v) is 4.63. The summed E-state index contributed by atoms with van der Waals surface area (Å²) in [6.07, 6.45) is 3.28. The number of nitrogens with zero attached hydrogens (tertiary/aromatic N) is 3. The van der Waals surface area contributed by atoms with E-state index in [1.54, 1.807) is 13.2 Å². The molecule has 0 aliphatic carbocycles. The third-order valence-electron chi connectivity index (χ3n) is 4.63. The van der Waals surface area contributed by atoms with Gasteiger partial charge in [-0.05, 0) is 26.3 Å². The van der Waals surface area contributed by atoms with Crippen LogP contribution in [0.25, 0.3) is 0 Å². The number of ether oxygens (including phenoxy) is 1. The van der Waals surface area contributed by atoms with Gasteiger partial charge in [-0.1, -0.05) is 5.16 Å². The largest absolute Gasteiger partial charge is 0.459 e. The maximum Gasteiger partial charge on any atom is 0.289 e. The minimum absolute atomic E-state index is 0.0467. The van der Waals surface area contributed by atoms with Gasteiger partial charge in [0.15, 0.2) is 11.6 Å². The Kier molecular flexibility index (Phi) is 3.45. The minimum atomic E-state index is -0.0467.